The highest BCUT2D eigenvalue weighted by Gasteiger charge is 2.06. The van der Waals surface area contributed by atoms with Crippen molar-refractivity contribution in [3.05, 3.63) is 101 Å². The van der Waals surface area contributed by atoms with Crippen LogP contribution in [0.5, 0.6) is 0 Å². The molecule has 0 aliphatic heterocycles. The first-order valence-corrected chi connectivity index (χ1v) is 8.67. The van der Waals surface area contributed by atoms with E-state index in [4.69, 9.17) is 4.36 Å². The molecule has 0 aliphatic rings. The third kappa shape index (κ3) is 3.94. The Morgan fingerprint density at radius 3 is 1.75 bits per heavy atom. The molecule has 0 amide bonds. The van der Waals surface area contributed by atoms with Gasteiger partial charge in [0.1, 0.15) is 0 Å². The zero-order chi connectivity index (χ0) is 16.8. The SMILES string of the molecule is O=[N+]([O-])c1ccc(CN=S(c2ccccc2)c2ccccc2)cc1. The third-order valence-electron chi connectivity index (χ3n) is 3.46. The molecular formula is C19H16N2O2S. The Balaban J connectivity index is 1.91. The van der Waals surface area contributed by atoms with Crippen molar-refractivity contribution in [2.75, 3.05) is 0 Å². The lowest BCUT2D eigenvalue weighted by atomic mass is 10.2. The molecule has 24 heavy (non-hydrogen) atoms. The number of nitro groups is 1. The molecule has 3 rings (SSSR count). The summed E-state index contributed by atoms with van der Waals surface area (Å²) in [7, 11) is -0.375. The van der Waals surface area contributed by atoms with E-state index in [0.717, 1.165) is 15.4 Å². The van der Waals surface area contributed by atoms with E-state index in [-0.39, 0.29) is 21.3 Å². The molecule has 3 aromatic carbocycles. The normalized spacial score (nSPS) is 10.5. The van der Waals surface area contributed by atoms with Crippen molar-refractivity contribution in [3.63, 3.8) is 0 Å². The Morgan fingerprint density at radius 1 is 0.792 bits per heavy atom. The van der Waals surface area contributed by atoms with Gasteiger partial charge in [0, 0.05) is 21.9 Å². The summed E-state index contributed by atoms with van der Waals surface area (Å²) >= 11 is 0. The zero-order valence-electron chi connectivity index (χ0n) is 12.9. The quantitative estimate of drug-likeness (QED) is 0.485. The standard InChI is InChI=1S/C19H16N2O2S/c22-21(23)17-13-11-16(12-14-17)15-20-24(18-7-3-1-4-8-18)19-9-5-2-6-10-19/h1-14H,15H2. The highest BCUT2D eigenvalue weighted by molar-refractivity contribution is 7.87. The van der Waals surface area contributed by atoms with Gasteiger partial charge in [-0.3, -0.25) is 14.5 Å². The molecule has 5 heteroatoms. The van der Waals surface area contributed by atoms with E-state index in [2.05, 4.69) is 24.3 Å². The molecule has 0 fully saturated rings. The predicted molar refractivity (Wildman–Crippen MR) is 96.0 cm³/mol. The summed E-state index contributed by atoms with van der Waals surface area (Å²) in [5.41, 5.74) is 1.06. The Morgan fingerprint density at radius 2 is 1.29 bits per heavy atom. The first-order chi connectivity index (χ1) is 11.7. The van der Waals surface area contributed by atoms with Crippen LogP contribution in [-0.4, -0.2) is 4.92 Å². The van der Waals surface area contributed by atoms with Gasteiger partial charge in [0.2, 0.25) is 0 Å². The fraction of sp³-hybridized carbons (Fsp3) is 0.0526. The van der Waals surface area contributed by atoms with Crippen LogP contribution < -0.4 is 0 Å². The van der Waals surface area contributed by atoms with Gasteiger partial charge in [-0.2, -0.15) is 0 Å². The van der Waals surface area contributed by atoms with Gasteiger partial charge in [-0.15, -0.1) is 0 Å². The molecular weight excluding hydrogens is 320 g/mol. The molecule has 0 unspecified atom stereocenters. The van der Waals surface area contributed by atoms with E-state index < -0.39 is 0 Å². The van der Waals surface area contributed by atoms with Gasteiger partial charge in [0.25, 0.3) is 5.69 Å². The largest absolute Gasteiger partial charge is 0.269 e. The number of hydrogen-bond acceptors (Lipinski definition) is 3. The molecule has 3 aromatic rings. The number of rotatable bonds is 5. The maximum atomic E-state index is 10.7. The van der Waals surface area contributed by atoms with Crippen LogP contribution in [0.1, 0.15) is 5.56 Å². The topological polar surface area (TPSA) is 55.5 Å². The molecule has 0 saturated carbocycles. The first kappa shape index (κ1) is 16.1. The maximum absolute atomic E-state index is 10.7. The summed E-state index contributed by atoms with van der Waals surface area (Å²) in [6, 6.07) is 26.9. The van der Waals surface area contributed by atoms with Crippen LogP contribution in [0.3, 0.4) is 0 Å². The smallest absolute Gasteiger partial charge is 0.258 e. The van der Waals surface area contributed by atoms with Crippen LogP contribution in [0.25, 0.3) is 0 Å². The highest BCUT2D eigenvalue weighted by Crippen LogP contribution is 2.20. The Bertz CT molecular complexity index is 806. The minimum Gasteiger partial charge on any atom is -0.258 e. The average molecular weight is 336 g/mol. The monoisotopic (exact) mass is 336 g/mol. The van der Waals surface area contributed by atoms with E-state index in [1.54, 1.807) is 12.1 Å². The molecule has 0 aliphatic carbocycles. The molecule has 0 aromatic heterocycles. The third-order valence-corrected chi connectivity index (χ3v) is 5.28. The lowest BCUT2D eigenvalue weighted by Crippen LogP contribution is -1.94. The fourth-order valence-corrected chi connectivity index (χ4v) is 3.92. The van der Waals surface area contributed by atoms with Crippen LogP contribution in [0.15, 0.2) is 99.1 Å². The number of non-ortho nitro benzene ring substituents is 1. The molecule has 120 valence electrons. The summed E-state index contributed by atoms with van der Waals surface area (Å²) < 4.78 is 4.87. The number of nitrogens with zero attached hydrogens (tertiary/aromatic N) is 2. The molecule has 0 spiro atoms. The van der Waals surface area contributed by atoms with Crippen molar-refractivity contribution in [1.29, 1.82) is 0 Å². The lowest BCUT2D eigenvalue weighted by molar-refractivity contribution is -0.384. The molecule has 0 N–H and O–H groups in total. The van der Waals surface area contributed by atoms with Crippen LogP contribution in [0.2, 0.25) is 0 Å². The minimum absolute atomic E-state index is 0.101. The van der Waals surface area contributed by atoms with E-state index in [9.17, 15) is 10.1 Å². The first-order valence-electron chi connectivity index (χ1n) is 7.49. The van der Waals surface area contributed by atoms with Gasteiger partial charge in [0.05, 0.1) is 11.5 Å². The van der Waals surface area contributed by atoms with E-state index >= 15 is 0 Å². The summed E-state index contributed by atoms with van der Waals surface area (Å²) in [6.07, 6.45) is 0. The Kier molecular flexibility index (Phi) is 5.13. The summed E-state index contributed by atoms with van der Waals surface area (Å²) in [5.74, 6) is 0. The van der Waals surface area contributed by atoms with Crippen molar-refractivity contribution in [2.24, 2.45) is 4.36 Å². The average Bonchev–Trinajstić information content (AvgIpc) is 2.64. The summed E-state index contributed by atoms with van der Waals surface area (Å²) in [5, 5.41) is 10.7. The predicted octanol–water partition coefficient (Wildman–Crippen LogP) is 5.01. The molecule has 0 bridgehead atoms. The van der Waals surface area contributed by atoms with Gasteiger partial charge in [0.15, 0.2) is 0 Å². The van der Waals surface area contributed by atoms with Crippen LogP contribution in [0, 0.1) is 10.1 Å². The van der Waals surface area contributed by atoms with Gasteiger partial charge in [-0.1, -0.05) is 48.5 Å². The van der Waals surface area contributed by atoms with Crippen molar-refractivity contribution >= 4 is 16.4 Å². The van der Waals surface area contributed by atoms with Gasteiger partial charge in [-0.05, 0) is 40.5 Å². The van der Waals surface area contributed by atoms with Gasteiger partial charge < -0.3 is 0 Å². The van der Waals surface area contributed by atoms with Crippen LogP contribution in [0.4, 0.5) is 5.69 Å². The second-order valence-electron chi connectivity index (χ2n) is 5.12. The van der Waals surface area contributed by atoms with Gasteiger partial charge in [-0.25, -0.2) is 0 Å². The van der Waals surface area contributed by atoms with Gasteiger partial charge >= 0.3 is 0 Å². The van der Waals surface area contributed by atoms with E-state index in [0.29, 0.717) is 6.54 Å². The summed E-state index contributed by atoms with van der Waals surface area (Å²) in [4.78, 5) is 12.7. The van der Waals surface area contributed by atoms with Crippen molar-refractivity contribution in [3.8, 4) is 0 Å². The Labute approximate surface area is 143 Å². The highest BCUT2D eigenvalue weighted by atomic mass is 32.2. The second kappa shape index (κ2) is 7.66. The molecule has 0 atom stereocenters. The molecule has 0 radical (unpaired) electrons. The maximum Gasteiger partial charge on any atom is 0.269 e. The fourth-order valence-electron chi connectivity index (χ4n) is 2.25. The van der Waals surface area contributed by atoms with Crippen molar-refractivity contribution in [2.45, 2.75) is 16.3 Å². The molecule has 0 saturated heterocycles. The number of benzene rings is 3. The van der Waals surface area contributed by atoms with E-state index in [1.807, 2.05) is 36.4 Å². The number of hydrogen-bond donors (Lipinski definition) is 0. The minimum atomic E-state index is -0.389. The van der Waals surface area contributed by atoms with Crippen LogP contribution in [-0.2, 0) is 17.2 Å². The Hall–Kier alpha value is -2.79. The summed E-state index contributed by atoms with van der Waals surface area (Å²) in [6.45, 7) is 0.519. The molecule has 4 nitrogen and oxygen atoms in total. The van der Waals surface area contributed by atoms with E-state index in [1.165, 1.54) is 12.1 Å². The van der Waals surface area contributed by atoms with Crippen molar-refractivity contribution in [1.82, 2.24) is 0 Å². The molecule has 0 heterocycles. The van der Waals surface area contributed by atoms with Crippen molar-refractivity contribution < 1.29 is 4.92 Å². The second-order valence-corrected chi connectivity index (χ2v) is 6.89. The lowest BCUT2D eigenvalue weighted by Gasteiger charge is -2.09. The number of nitro benzene ring substituents is 1. The van der Waals surface area contributed by atoms with Crippen LogP contribution >= 0.6 is 0 Å². The zero-order valence-corrected chi connectivity index (χ0v) is 13.7.